The molecule has 0 saturated carbocycles. The number of fused-ring (bicyclic) bond motifs is 2. The van der Waals surface area contributed by atoms with Crippen molar-refractivity contribution < 1.29 is 31.3 Å². The van der Waals surface area contributed by atoms with Crippen LogP contribution in [0.25, 0.3) is 22.3 Å². The first-order valence-corrected chi connectivity index (χ1v) is 21.7. The van der Waals surface area contributed by atoms with Gasteiger partial charge in [0.15, 0.2) is 10.7 Å². The summed E-state index contributed by atoms with van der Waals surface area (Å²) < 4.78 is 57.6. The molecule has 4 heterocycles. The molecule has 0 spiro atoms. The number of rotatable bonds is 10. The summed E-state index contributed by atoms with van der Waals surface area (Å²) in [7, 11) is -8.17. The lowest BCUT2D eigenvalue weighted by molar-refractivity contribution is -0.387. The standard InChI is InChI=1S/C40H45N7O8S2/c1-26(2)35(48)22-37(49)43-18-16-32-31(25-43)39(44-20-21-45(28(4)24-44)56(52,53)36-14-7-6-12-34(36)47(50)51)42-38(41-32)30-11-8-13-33-29(30)15-19-46(33)57(54,55)40(5)17-9-10-27(3)23-40/h6-15,17,19,26,28H,16,18,20-25H2,1-5H3/t28-,40?/m1/s1. The lowest BCUT2D eigenvalue weighted by atomic mass is 9.96. The maximum Gasteiger partial charge on any atom is 0.289 e. The van der Waals surface area contributed by atoms with E-state index >= 15 is 0 Å². The Balaban J connectivity index is 1.28. The molecule has 0 radical (unpaired) electrons. The number of carbonyl (C=O) groups is 2. The van der Waals surface area contributed by atoms with Crippen LogP contribution in [0.1, 0.15) is 58.7 Å². The van der Waals surface area contributed by atoms with Crippen LogP contribution in [0.3, 0.4) is 0 Å². The number of nitro groups is 1. The van der Waals surface area contributed by atoms with E-state index in [4.69, 9.17) is 9.97 Å². The van der Waals surface area contributed by atoms with Crippen LogP contribution >= 0.6 is 0 Å². The molecular weight excluding hydrogens is 771 g/mol. The summed E-state index contributed by atoms with van der Waals surface area (Å²) in [6, 6.07) is 11.7. The van der Waals surface area contributed by atoms with Crippen molar-refractivity contribution in [2.75, 3.05) is 31.1 Å². The summed E-state index contributed by atoms with van der Waals surface area (Å²) in [5, 5.41) is 12.4. The predicted octanol–water partition coefficient (Wildman–Crippen LogP) is 5.25. The van der Waals surface area contributed by atoms with Gasteiger partial charge in [-0.05, 0) is 45.4 Å². The average molecular weight is 816 g/mol. The van der Waals surface area contributed by atoms with Crippen molar-refractivity contribution >= 4 is 54.1 Å². The van der Waals surface area contributed by atoms with Gasteiger partial charge in [-0.25, -0.2) is 30.8 Å². The molecule has 1 aliphatic carbocycles. The lowest BCUT2D eigenvalue weighted by Crippen LogP contribution is -2.54. The molecule has 4 aromatic rings. The van der Waals surface area contributed by atoms with Gasteiger partial charge < -0.3 is 9.80 Å². The zero-order valence-electron chi connectivity index (χ0n) is 32.5. The van der Waals surface area contributed by atoms with Crippen molar-refractivity contribution in [3.63, 3.8) is 0 Å². The highest BCUT2D eigenvalue weighted by molar-refractivity contribution is 7.91. The molecule has 17 heteroatoms. The second-order valence-corrected chi connectivity index (χ2v) is 19.6. The van der Waals surface area contributed by atoms with E-state index in [1.54, 1.807) is 69.1 Å². The van der Waals surface area contributed by atoms with Gasteiger partial charge in [-0.15, -0.1) is 0 Å². The minimum Gasteiger partial charge on any atom is -0.353 e. The molecule has 2 aliphatic heterocycles. The molecule has 0 bridgehead atoms. The highest BCUT2D eigenvalue weighted by Crippen LogP contribution is 2.38. The van der Waals surface area contributed by atoms with Crippen LogP contribution in [0.5, 0.6) is 0 Å². The number of ketones is 1. The number of hydrogen-bond donors (Lipinski definition) is 0. The van der Waals surface area contributed by atoms with Gasteiger partial charge in [0.05, 0.1) is 29.1 Å². The number of sulfonamides is 1. The Morgan fingerprint density at radius 3 is 2.47 bits per heavy atom. The zero-order valence-corrected chi connectivity index (χ0v) is 34.1. The third kappa shape index (κ3) is 7.16. The van der Waals surface area contributed by atoms with Gasteiger partial charge in [-0.2, -0.15) is 4.31 Å². The number of benzene rings is 2. The Morgan fingerprint density at radius 1 is 1.02 bits per heavy atom. The molecule has 2 aromatic carbocycles. The summed E-state index contributed by atoms with van der Waals surface area (Å²) in [6.07, 6.45) is 7.43. The molecular formula is C40H45N7O8S2. The summed E-state index contributed by atoms with van der Waals surface area (Å²) >= 11 is 0. The minimum atomic E-state index is -4.26. The van der Waals surface area contributed by atoms with Crippen LogP contribution in [0.15, 0.2) is 83.4 Å². The predicted molar refractivity (Wildman–Crippen MR) is 215 cm³/mol. The van der Waals surface area contributed by atoms with Crippen molar-refractivity contribution in [2.24, 2.45) is 5.92 Å². The number of anilines is 1. The third-order valence-corrected chi connectivity index (χ3v) is 15.5. The van der Waals surface area contributed by atoms with Crippen molar-refractivity contribution in [3.05, 3.63) is 99.9 Å². The maximum atomic E-state index is 14.2. The summed E-state index contributed by atoms with van der Waals surface area (Å²) in [6.45, 7) is 9.64. The number of nitrogens with zero attached hydrogens (tertiary/aromatic N) is 7. The fourth-order valence-electron chi connectivity index (χ4n) is 7.94. The van der Waals surface area contributed by atoms with E-state index in [-0.39, 0.29) is 55.1 Å². The highest BCUT2D eigenvalue weighted by Gasteiger charge is 2.41. The minimum absolute atomic E-state index is 0.00658. The summed E-state index contributed by atoms with van der Waals surface area (Å²) in [5.74, 6) is 0.0643. The first kappa shape index (κ1) is 40.0. The molecule has 1 fully saturated rings. The second-order valence-electron chi connectivity index (χ2n) is 15.5. The van der Waals surface area contributed by atoms with Gasteiger partial charge >= 0.3 is 0 Å². The normalized spacial score (nSPS) is 20.5. The summed E-state index contributed by atoms with van der Waals surface area (Å²) in [4.78, 5) is 50.2. The van der Waals surface area contributed by atoms with Crippen LogP contribution in [0.2, 0.25) is 0 Å². The van der Waals surface area contributed by atoms with Crippen LogP contribution < -0.4 is 4.90 Å². The molecule has 57 heavy (non-hydrogen) atoms. The van der Waals surface area contributed by atoms with Gasteiger partial charge in [-0.1, -0.05) is 61.9 Å². The van der Waals surface area contributed by atoms with Crippen molar-refractivity contribution in [2.45, 2.75) is 76.1 Å². The fourth-order valence-corrected chi connectivity index (χ4v) is 11.5. The van der Waals surface area contributed by atoms with E-state index in [0.717, 1.165) is 5.57 Å². The first-order chi connectivity index (χ1) is 26.9. The number of allylic oxidation sites excluding steroid dienone is 3. The van der Waals surface area contributed by atoms with Gasteiger partial charge in [0.1, 0.15) is 16.3 Å². The number of amides is 1. The smallest absolute Gasteiger partial charge is 0.289 e. The summed E-state index contributed by atoms with van der Waals surface area (Å²) in [5.41, 5.74) is 2.86. The molecule has 1 unspecified atom stereocenters. The van der Waals surface area contributed by atoms with E-state index in [1.807, 2.05) is 24.0 Å². The molecule has 2 aromatic heterocycles. The maximum absolute atomic E-state index is 14.2. The molecule has 1 amide bonds. The Kier molecular flexibility index (Phi) is 10.5. The van der Waals surface area contributed by atoms with Crippen LogP contribution in [0, 0.1) is 16.0 Å². The van der Waals surface area contributed by atoms with Crippen LogP contribution in [0.4, 0.5) is 11.5 Å². The molecule has 0 N–H and O–H groups in total. The third-order valence-electron chi connectivity index (χ3n) is 11.1. The van der Waals surface area contributed by atoms with E-state index in [1.165, 1.54) is 32.5 Å². The second kappa shape index (κ2) is 14.9. The molecule has 3 aliphatic rings. The number of hydrogen-bond acceptors (Lipinski definition) is 11. The molecule has 2 atom stereocenters. The molecule has 1 saturated heterocycles. The number of para-hydroxylation sites is 1. The van der Waals surface area contributed by atoms with E-state index < -0.39 is 41.4 Å². The molecule has 300 valence electrons. The van der Waals surface area contributed by atoms with Crippen LogP contribution in [-0.2, 0) is 42.6 Å². The number of Topliss-reactive ketones (excluding diaryl/α,β-unsaturated/α-hetero) is 1. The first-order valence-electron chi connectivity index (χ1n) is 18.8. The zero-order chi connectivity index (χ0) is 41.0. The SMILES string of the molecule is CC1=CC=CC(C)(S(=O)(=O)n2ccc3c(-c4nc5c(c(N6CCN(S(=O)(=O)c7ccccc7[N+](=O)[O-])[C@H](C)C6)n4)CN(C(=O)CC(=O)C(C)C)CC5)cccc32)C1. The number of aromatic nitrogens is 3. The van der Waals surface area contributed by atoms with Crippen molar-refractivity contribution in [1.29, 1.82) is 0 Å². The number of nitro benzene ring substituents is 1. The Labute approximate surface area is 331 Å². The van der Waals surface area contributed by atoms with E-state index in [9.17, 15) is 36.5 Å². The average Bonchev–Trinajstić information content (AvgIpc) is 3.62. The quantitative estimate of drug-likeness (QED) is 0.116. The Morgan fingerprint density at radius 2 is 1.77 bits per heavy atom. The van der Waals surface area contributed by atoms with Crippen LogP contribution in [-0.4, -0.2) is 93.6 Å². The van der Waals surface area contributed by atoms with Gasteiger partial charge in [0.25, 0.3) is 5.69 Å². The van der Waals surface area contributed by atoms with E-state index in [0.29, 0.717) is 58.8 Å². The number of carbonyl (C=O) groups excluding carboxylic acids is 2. The van der Waals surface area contributed by atoms with Gasteiger partial charge in [0, 0.05) is 73.3 Å². The Bertz CT molecular complexity index is 2600. The largest absolute Gasteiger partial charge is 0.353 e. The van der Waals surface area contributed by atoms with Crippen molar-refractivity contribution in [3.8, 4) is 11.4 Å². The van der Waals surface area contributed by atoms with Gasteiger partial charge in [0.2, 0.25) is 26.0 Å². The van der Waals surface area contributed by atoms with Crippen molar-refractivity contribution in [1.82, 2.24) is 23.1 Å². The Hall–Kier alpha value is -5.26. The van der Waals surface area contributed by atoms with E-state index in [2.05, 4.69) is 0 Å². The molecule has 15 nitrogen and oxygen atoms in total. The molecule has 7 rings (SSSR count). The monoisotopic (exact) mass is 815 g/mol. The topological polar surface area (TPSA) is 186 Å². The lowest BCUT2D eigenvalue weighted by Gasteiger charge is -2.41. The van der Waals surface area contributed by atoms with Gasteiger partial charge in [-0.3, -0.25) is 19.7 Å². The fraction of sp³-hybridized carbons (Fsp3) is 0.400. The number of piperazine rings is 1. The highest BCUT2D eigenvalue weighted by atomic mass is 32.2.